The lowest BCUT2D eigenvalue weighted by molar-refractivity contribution is 0.139. The van der Waals surface area contributed by atoms with Gasteiger partial charge in [0.2, 0.25) is 0 Å². The molecule has 0 aliphatic carbocycles. The lowest BCUT2D eigenvalue weighted by atomic mass is 10.2. The zero-order chi connectivity index (χ0) is 12.5. The summed E-state index contributed by atoms with van der Waals surface area (Å²) in [5, 5.41) is 3.47. The highest BCUT2D eigenvalue weighted by Crippen LogP contribution is 2.31. The van der Waals surface area contributed by atoms with E-state index >= 15 is 0 Å². The van der Waals surface area contributed by atoms with Gasteiger partial charge in [0.1, 0.15) is 17.6 Å². The second-order valence-electron chi connectivity index (χ2n) is 3.81. The summed E-state index contributed by atoms with van der Waals surface area (Å²) in [5.41, 5.74) is 8.83. The maximum atomic E-state index is 13.2. The summed E-state index contributed by atoms with van der Waals surface area (Å²) in [5.74, 6) is -0.500. The van der Waals surface area contributed by atoms with E-state index in [-0.39, 0.29) is 18.3 Å². The molecule has 1 aliphatic heterocycles. The van der Waals surface area contributed by atoms with Crippen LogP contribution in [0.4, 0.5) is 14.9 Å². The smallest absolute Gasteiger partial charge is 0.410 e. The Morgan fingerprint density at radius 2 is 2.41 bits per heavy atom. The number of rotatable bonds is 2. The van der Waals surface area contributed by atoms with Crippen LogP contribution < -0.4 is 4.59 Å². The van der Waals surface area contributed by atoms with E-state index in [1.165, 1.54) is 18.2 Å². The van der Waals surface area contributed by atoms with E-state index in [1.807, 2.05) is 0 Å². The molecule has 1 unspecified atom stereocenters. The molecule has 0 spiro atoms. The van der Waals surface area contributed by atoms with Crippen molar-refractivity contribution < 1.29 is 13.9 Å². The first kappa shape index (κ1) is 11.4. The number of azide groups is 1. The highest BCUT2D eigenvalue weighted by atomic mass is 19.1. The van der Waals surface area contributed by atoms with Gasteiger partial charge in [0, 0.05) is 17.7 Å². The van der Waals surface area contributed by atoms with E-state index < -0.39 is 16.5 Å². The van der Waals surface area contributed by atoms with Gasteiger partial charge in [-0.05, 0) is 13.0 Å². The highest BCUT2D eigenvalue weighted by molar-refractivity contribution is 5.83. The molecule has 88 valence electrons. The minimum atomic E-state index is -0.694. The Hall–Kier alpha value is -2.11. The molecule has 1 amide bonds. The molecular formula is C10H10FN4O2+. The molecule has 1 fully saturated rings. The highest BCUT2D eigenvalue weighted by Gasteiger charge is 2.51. The molecule has 0 saturated carbocycles. The number of ether oxygens (including phenoxy) is 1. The summed E-state index contributed by atoms with van der Waals surface area (Å²) >= 11 is 0. The van der Waals surface area contributed by atoms with Crippen LogP contribution in [0.5, 0.6) is 0 Å². The second-order valence-corrected chi connectivity index (χ2v) is 3.81. The van der Waals surface area contributed by atoms with Crippen molar-refractivity contribution in [3.8, 4) is 0 Å². The Labute approximate surface area is 96.4 Å². The number of halogens is 1. The molecule has 1 aromatic rings. The lowest BCUT2D eigenvalue weighted by Gasteiger charge is -2.18. The fourth-order valence-electron chi connectivity index (χ4n) is 1.85. The molecule has 1 saturated heterocycles. The predicted octanol–water partition coefficient (Wildman–Crippen LogP) is 2.90. The maximum absolute atomic E-state index is 13.2. The summed E-state index contributed by atoms with van der Waals surface area (Å²) in [6, 6.07) is 5.39. The molecule has 2 rings (SSSR count). The van der Waals surface area contributed by atoms with Crippen LogP contribution in [-0.4, -0.2) is 18.7 Å². The Morgan fingerprint density at radius 1 is 1.65 bits per heavy atom. The third-order valence-corrected chi connectivity index (χ3v) is 2.55. The average molecular weight is 237 g/mol. The van der Waals surface area contributed by atoms with Gasteiger partial charge in [-0.2, -0.15) is 4.79 Å². The average Bonchev–Trinajstić information content (AvgIpc) is 2.55. The predicted molar refractivity (Wildman–Crippen MR) is 58.2 cm³/mol. The number of cyclic esters (lactones) is 1. The molecule has 17 heavy (non-hydrogen) atoms. The number of hydrogen-bond acceptors (Lipinski definition) is 3. The fraction of sp³-hybridized carbons (Fsp3) is 0.300. The third-order valence-electron chi connectivity index (χ3n) is 2.55. The van der Waals surface area contributed by atoms with Gasteiger partial charge in [-0.25, -0.2) is 4.39 Å². The van der Waals surface area contributed by atoms with Crippen LogP contribution in [0.2, 0.25) is 0 Å². The molecule has 0 bridgehead atoms. The van der Waals surface area contributed by atoms with E-state index in [0.29, 0.717) is 0 Å². The maximum Gasteiger partial charge on any atom is 0.537 e. The van der Waals surface area contributed by atoms with Crippen LogP contribution in [0.25, 0.3) is 10.4 Å². The normalized spacial score (nSPS) is 27.4. The van der Waals surface area contributed by atoms with E-state index in [1.54, 1.807) is 6.92 Å². The number of nitrogens with zero attached hydrogens (tertiary/aromatic N) is 4. The van der Waals surface area contributed by atoms with Gasteiger partial charge < -0.3 is 4.74 Å². The van der Waals surface area contributed by atoms with Crippen LogP contribution in [0.3, 0.4) is 0 Å². The number of amides is 1. The van der Waals surface area contributed by atoms with E-state index in [2.05, 4.69) is 10.1 Å². The third kappa shape index (κ3) is 1.82. The minimum Gasteiger partial charge on any atom is -0.410 e. The lowest BCUT2D eigenvalue weighted by Crippen LogP contribution is -2.44. The van der Waals surface area contributed by atoms with Crippen LogP contribution in [-0.2, 0) is 4.74 Å². The molecule has 6 nitrogen and oxygen atoms in total. The molecule has 0 aromatic heterocycles. The van der Waals surface area contributed by atoms with Gasteiger partial charge in [-0.15, -0.1) is 0 Å². The summed E-state index contributed by atoms with van der Waals surface area (Å²) in [7, 11) is 0. The minimum absolute atomic E-state index is 0.159. The monoisotopic (exact) mass is 237 g/mol. The van der Waals surface area contributed by atoms with Crippen LogP contribution >= 0.6 is 0 Å². The van der Waals surface area contributed by atoms with Gasteiger partial charge in [0.25, 0.3) is 0 Å². The molecule has 7 heteroatoms. The first-order valence-corrected chi connectivity index (χ1v) is 5.00. The zero-order valence-electron chi connectivity index (χ0n) is 9.08. The van der Waals surface area contributed by atoms with Gasteiger partial charge in [0.05, 0.1) is 4.91 Å². The van der Waals surface area contributed by atoms with Crippen molar-refractivity contribution in [3.05, 3.63) is 40.5 Å². The van der Waals surface area contributed by atoms with Gasteiger partial charge in [-0.3, -0.25) is 0 Å². The van der Waals surface area contributed by atoms with Crippen molar-refractivity contribution in [1.29, 1.82) is 0 Å². The molecule has 1 aliphatic rings. The largest absolute Gasteiger partial charge is 0.537 e. The van der Waals surface area contributed by atoms with E-state index in [9.17, 15) is 9.18 Å². The van der Waals surface area contributed by atoms with Crippen molar-refractivity contribution >= 4 is 11.8 Å². The Morgan fingerprint density at radius 3 is 2.94 bits per heavy atom. The molecular weight excluding hydrogens is 227 g/mol. The number of quaternary nitrogens is 1. The van der Waals surface area contributed by atoms with Gasteiger partial charge in [0.15, 0.2) is 11.8 Å². The Bertz CT molecular complexity index is 515. The summed E-state index contributed by atoms with van der Waals surface area (Å²) < 4.78 is 17.4. The number of carbonyl (C=O) groups excluding carboxylic acids is 1. The topological polar surface area (TPSA) is 75.1 Å². The SMILES string of the molecule is CC1C[N@@+](N=[N+]=[N-])(c2cccc(F)c2)C(=O)O1. The number of hydrogen-bond donors (Lipinski definition) is 0. The van der Waals surface area contributed by atoms with Crippen LogP contribution in [0.15, 0.2) is 29.5 Å². The van der Waals surface area contributed by atoms with E-state index in [0.717, 1.165) is 6.07 Å². The van der Waals surface area contributed by atoms with Crippen molar-refractivity contribution in [2.24, 2.45) is 5.22 Å². The molecule has 0 radical (unpaired) electrons. The second kappa shape index (κ2) is 4.04. The van der Waals surface area contributed by atoms with Crippen molar-refractivity contribution in [1.82, 2.24) is 4.59 Å². The first-order chi connectivity index (χ1) is 8.08. The summed E-state index contributed by atoms with van der Waals surface area (Å²) in [4.78, 5) is 14.4. The summed E-state index contributed by atoms with van der Waals surface area (Å²) in [6.45, 7) is 1.84. The molecule has 2 atom stereocenters. The fourth-order valence-corrected chi connectivity index (χ4v) is 1.85. The van der Waals surface area contributed by atoms with Gasteiger partial charge >= 0.3 is 6.09 Å². The standard InChI is InChI=1S/C10H10FN4O2/c1-7-6-15(14-13-12,10(16)17-7)9-4-2-3-8(11)5-9/h2-5,7H,6H2,1H3/q+1/t7?,15-/m1/s1. The Balaban J connectivity index is 2.56. The molecule has 0 N–H and O–H groups in total. The first-order valence-electron chi connectivity index (χ1n) is 5.00. The van der Waals surface area contributed by atoms with Crippen molar-refractivity contribution in [2.75, 3.05) is 6.54 Å². The van der Waals surface area contributed by atoms with E-state index in [4.69, 9.17) is 10.3 Å². The van der Waals surface area contributed by atoms with Crippen LogP contribution in [0.1, 0.15) is 6.92 Å². The number of carbonyl (C=O) groups is 1. The van der Waals surface area contributed by atoms with Crippen molar-refractivity contribution in [3.63, 3.8) is 0 Å². The van der Waals surface area contributed by atoms with Gasteiger partial charge in [-0.1, -0.05) is 10.7 Å². The zero-order valence-corrected chi connectivity index (χ0v) is 9.08. The molecule has 1 aromatic carbocycles. The quantitative estimate of drug-likeness (QED) is 0.343. The van der Waals surface area contributed by atoms with Crippen LogP contribution in [0, 0.1) is 5.82 Å². The summed E-state index contributed by atoms with van der Waals surface area (Å²) in [6.07, 6.45) is -1.07. The number of benzene rings is 1. The molecule has 1 heterocycles. The Kier molecular flexibility index (Phi) is 2.71. The van der Waals surface area contributed by atoms with Crippen molar-refractivity contribution in [2.45, 2.75) is 13.0 Å².